The Bertz CT molecular complexity index is 410. The van der Waals surface area contributed by atoms with E-state index in [0.29, 0.717) is 5.69 Å². The van der Waals surface area contributed by atoms with E-state index in [0.717, 1.165) is 0 Å². The number of hydrogen-bond acceptors (Lipinski definition) is 4. The molecule has 0 amide bonds. The lowest BCUT2D eigenvalue weighted by Crippen LogP contribution is -2.21. The Morgan fingerprint density at radius 2 is 2.21 bits per heavy atom. The summed E-state index contributed by atoms with van der Waals surface area (Å²) in [7, 11) is 0. The first kappa shape index (κ1) is 10.4. The summed E-state index contributed by atoms with van der Waals surface area (Å²) in [4.78, 5) is 27.8. The Balaban J connectivity index is 3.18. The largest absolute Gasteiger partial charge is 0.481 e. The highest BCUT2D eigenvalue weighted by Crippen LogP contribution is 2.00. The van der Waals surface area contributed by atoms with Crippen molar-refractivity contribution in [1.82, 2.24) is 9.97 Å². The summed E-state index contributed by atoms with van der Waals surface area (Å²) < 4.78 is 0. The van der Waals surface area contributed by atoms with Crippen LogP contribution < -0.4 is 5.56 Å². The molecule has 0 aliphatic heterocycles. The lowest BCUT2D eigenvalue weighted by Gasteiger charge is -2.02. The van der Waals surface area contributed by atoms with Gasteiger partial charge in [0, 0.05) is 11.3 Å². The van der Waals surface area contributed by atoms with Crippen molar-refractivity contribution < 1.29 is 15.0 Å². The highest BCUT2D eigenvalue weighted by molar-refractivity contribution is 5.70. The van der Waals surface area contributed by atoms with E-state index >= 15 is 0 Å². The molecule has 6 heteroatoms. The average molecular weight is 198 g/mol. The molecule has 0 bridgehead atoms. The van der Waals surface area contributed by atoms with Gasteiger partial charge < -0.3 is 15.2 Å². The van der Waals surface area contributed by atoms with E-state index in [-0.39, 0.29) is 24.4 Å². The van der Waals surface area contributed by atoms with Gasteiger partial charge in [0.1, 0.15) is 12.4 Å². The van der Waals surface area contributed by atoms with E-state index in [1.165, 1.54) is 6.92 Å². The number of H-pyrrole nitrogens is 1. The van der Waals surface area contributed by atoms with Crippen molar-refractivity contribution in [1.29, 1.82) is 0 Å². The second-order valence-electron chi connectivity index (χ2n) is 2.81. The topological polar surface area (TPSA) is 103 Å². The quantitative estimate of drug-likeness (QED) is 0.589. The molecular formula is C8H10N2O4. The molecule has 0 aliphatic rings. The number of hydrogen-bond donors (Lipinski definition) is 3. The minimum absolute atomic E-state index is 0.120. The number of aliphatic carboxylic acids is 1. The van der Waals surface area contributed by atoms with Gasteiger partial charge in [0.15, 0.2) is 0 Å². The van der Waals surface area contributed by atoms with E-state index in [1.54, 1.807) is 0 Å². The van der Waals surface area contributed by atoms with Gasteiger partial charge in [-0.15, -0.1) is 0 Å². The Hall–Kier alpha value is -1.69. The van der Waals surface area contributed by atoms with Crippen LogP contribution in [-0.2, 0) is 17.8 Å². The predicted octanol–water partition coefficient (Wildman–Crippen LogP) is -0.802. The molecule has 3 N–H and O–H groups in total. The summed E-state index contributed by atoms with van der Waals surface area (Å²) in [5, 5.41) is 17.2. The van der Waals surface area contributed by atoms with E-state index in [2.05, 4.69) is 9.97 Å². The first-order chi connectivity index (χ1) is 6.54. The fourth-order valence-electron chi connectivity index (χ4n) is 1.10. The number of aryl methyl sites for hydroxylation is 1. The number of aliphatic hydroxyl groups is 1. The monoisotopic (exact) mass is 198 g/mol. The van der Waals surface area contributed by atoms with Crippen LogP contribution in [0, 0.1) is 6.92 Å². The number of aliphatic hydroxyl groups excluding tert-OH is 1. The summed E-state index contributed by atoms with van der Waals surface area (Å²) in [6, 6.07) is 0. The minimum atomic E-state index is -1.09. The van der Waals surface area contributed by atoms with Crippen LogP contribution in [0.5, 0.6) is 0 Å². The van der Waals surface area contributed by atoms with Crippen molar-refractivity contribution >= 4 is 5.97 Å². The van der Waals surface area contributed by atoms with Gasteiger partial charge in [0.05, 0.1) is 6.42 Å². The molecule has 76 valence electrons. The summed E-state index contributed by atoms with van der Waals surface area (Å²) in [5.41, 5.74) is -0.0566. The molecule has 0 unspecified atom stereocenters. The van der Waals surface area contributed by atoms with Crippen LogP contribution in [0.1, 0.15) is 17.1 Å². The van der Waals surface area contributed by atoms with Gasteiger partial charge in [-0.2, -0.15) is 0 Å². The third-order valence-corrected chi connectivity index (χ3v) is 1.75. The van der Waals surface area contributed by atoms with Crippen LogP contribution in [0.3, 0.4) is 0 Å². The zero-order chi connectivity index (χ0) is 10.7. The van der Waals surface area contributed by atoms with Gasteiger partial charge in [-0.1, -0.05) is 0 Å². The maximum atomic E-state index is 11.3. The molecule has 14 heavy (non-hydrogen) atoms. The smallest absolute Gasteiger partial charge is 0.308 e. The molecule has 0 atom stereocenters. The molecule has 0 aromatic carbocycles. The van der Waals surface area contributed by atoms with Gasteiger partial charge in [-0.3, -0.25) is 9.59 Å². The highest BCUT2D eigenvalue weighted by atomic mass is 16.4. The number of carbonyl (C=O) groups is 1. The van der Waals surface area contributed by atoms with Crippen molar-refractivity contribution in [2.24, 2.45) is 0 Å². The van der Waals surface area contributed by atoms with Crippen molar-refractivity contribution in [2.75, 3.05) is 0 Å². The Kier molecular flexibility index (Phi) is 2.98. The molecule has 1 heterocycles. The highest BCUT2D eigenvalue weighted by Gasteiger charge is 2.10. The third kappa shape index (κ3) is 2.17. The molecule has 0 fully saturated rings. The molecule has 0 saturated carbocycles. The van der Waals surface area contributed by atoms with Gasteiger partial charge in [0.25, 0.3) is 5.56 Å². The molecule has 6 nitrogen and oxygen atoms in total. The molecule has 0 radical (unpaired) electrons. The number of rotatable bonds is 3. The number of nitrogens with zero attached hydrogens (tertiary/aromatic N) is 1. The Morgan fingerprint density at radius 1 is 1.57 bits per heavy atom. The molecule has 1 rings (SSSR count). The van der Waals surface area contributed by atoms with Crippen molar-refractivity contribution in [2.45, 2.75) is 20.0 Å². The normalized spacial score (nSPS) is 10.1. The third-order valence-electron chi connectivity index (χ3n) is 1.75. The maximum Gasteiger partial charge on any atom is 0.308 e. The van der Waals surface area contributed by atoms with Crippen LogP contribution >= 0.6 is 0 Å². The molecule has 0 aliphatic carbocycles. The fourth-order valence-corrected chi connectivity index (χ4v) is 1.10. The van der Waals surface area contributed by atoms with Crippen LogP contribution in [0.15, 0.2) is 4.79 Å². The fraction of sp³-hybridized carbons (Fsp3) is 0.375. The number of aromatic nitrogens is 2. The number of aromatic amines is 1. The van der Waals surface area contributed by atoms with Gasteiger partial charge in [0.2, 0.25) is 0 Å². The summed E-state index contributed by atoms with van der Waals surface area (Å²) in [6.45, 7) is 1.16. The lowest BCUT2D eigenvalue weighted by molar-refractivity contribution is -0.136. The minimum Gasteiger partial charge on any atom is -0.481 e. The number of carboxylic acid groups (broad SMARTS) is 1. The van der Waals surface area contributed by atoms with Crippen LogP contribution in [-0.4, -0.2) is 26.2 Å². The van der Waals surface area contributed by atoms with E-state index in [9.17, 15) is 9.59 Å². The summed E-state index contributed by atoms with van der Waals surface area (Å²) in [6.07, 6.45) is -0.361. The predicted molar refractivity (Wildman–Crippen MR) is 46.9 cm³/mol. The SMILES string of the molecule is Cc1nc(CO)[nH]c(=O)c1CC(=O)O. The van der Waals surface area contributed by atoms with Crippen LogP contribution in [0.2, 0.25) is 0 Å². The average Bonchev–Trinajstić information content (AvgIpc) is 2.10. The second kappa shape index (κ2) is 4.01. The van der Waals surface area contributed by atoms with Crippen molar-refractivity contribution in [3.8, 4) is 0 Å². The molecule has 1 aromatic heterocycles. The Labute approximate surface area is 79.2 Å². The van der Waals surface area contributed by atoms with Gasteiger partial charge in [-0.05, 0) is 6.92 Å². The van der Waals surface area contributed by atoms with E-state index < -0.39 is 11.5 Å². The van der Waals surface area contributed by atoms with Crippen molar-refractivity contribution in [3.05, 3.63) is 27.4 Å². The zero-order valence-electron chi connectivity index (χ0n) is 7.57. The lowest BCUT2D eigenvalue weighted by atomic mass is 10.2. The van der Waals surface area contributed by atoms with Crippen LogP contribution in [0.25, 0.3) is 0 Å². The molecular weight excluding hydrogens is 188 g/mol. The second-order valence-corrected chi connectivity index (χ2v) is 2.81. The maximum absolute atomic E-state index is 11.3. The molecule has 0 spiro atoms. The van der Waals surface area contributed by atoms with Crippen molar-refractivity contribution in [3.63, 3.8) is 0 Å². The molecule has 0 saturated heterocycles. The first-order valence-corrected chi connectivity index (χ1v) is 3.96. The Morgan fingerprint density at radius 3 is 2.64 bits per heavy atom. The van der Waals surface area contributed by atoms with E-state index in [4.69, 9.17) is 10.2 Å². The standard InChI is InChI=1S/C8H10N2O4/c1-4-5(2-7(12)13)8(14)10-6(3-11)9-4/h11H,2-3H2,1H3,(H,12,13)(H,9,10,14). The first-order valence-electron chi connectivity index (χ1n) is 3.96. The molecule has 1 aromatic rings. The van der Waals surface area contributed by atoms with Crippen LogP contribution in [0.4, 0.5) is 0 Å². The van der Waals surface area contributed by atoms with Gasteiger partial charge in [-0.25, -0.2) is 4.98 Å². The van der Waals surface area contributed by atoms with Gasteiger partial charge >= 0.3 is 5.97 Å². The summed E-state index contributed by atoms with van der Waals surface area (Å²) in [5.74, 6) is -0.946. The summed E-state index contributed by atoms with van der Waals surface area (Å²) >= 11 is 0. The number of carboxylic acids is 1. The zero-order valence-corrected chi connectivity index (χ0v) is 7.57. The number of nitrogens with one attached hydrogen (secondary N) is 1. The van der Waals surface area contributed by atoms with E-state index in [1.807, 2.05) is 0 Å².